The molecule has 7 heteroatoms. The van der Waals surface area contributed by atoms with E-state index >= 15 is 0 Å². The third kappa shape index (κ3) is 3.36. The van der Waals surface area contributed by atoms with Gasteiger partial charge >= 0.3 is 0 Å². The highest BCUT2D eigenvalue weighted by molar-refractivity contribution is 5.94. The summed E-state index contributed by atoms with van der Waals surface area (Å²) in [5.41, 5.74) is 4.26. The number of aromatic nitrogens is 4. The first kappa shape index (κ1) is 18.5. The first-order chi connectivity index (χ1) is 14.6. The van der Waals surface area contributed by atoms with Gasteiger partial charge in [0, 0.05) is 42.7 Å². The van der Waals surface area contributed by atoms with Crippen LogP contribution in [0.1, 0.15) is 23.7 Å². The summed E-state index contributed by atoms with van der Waals surface area (Å²) < 4.78 is 15.7. The van der Waals surface area contributed by atoms with Crippen molar-refractivity contribution in [3.8, 4) is 11.3 Å². The van der Waals surface area contributed by atoms with Gasteiger partial charge in [-0.15, -0.1) is 0 Å². The molecule has 0 spiro atoms. The number of halogens is 1. The minimum absolute atomic E-state index is 0.103. The first-order valence-corrected chi connectivity index (χ1v) is 10.1. The second-order valence-corrected chi connectivity index (χ2v) is 7.97. The van der Waals surface area contributed by atoms with E-state index in [1.54, 1.807) is 18.3 Å². The number of nitrogens with one attached hydrogen (secondary N) is 1. The lowest BCUT2D eigenvalue weighted by molar-refractivity contribution is 0.0741. The fourth-order valence-corrected chi connectivity index (χ4v) is 4.41. The van der Waals surface area contributed by atoms with Gasteiger partial charge in [0.25, 0.3) is 5.91 Å². The van der Waals surface area contributed by atoms with Crippen molar-refractivity contribution in [1.29, 1.82) is 0 Å². The van der Waals surface area contributed by atoms with Crippen molar-refractivity contribution in [2.75, 3.05) is 6.54 Å². The standard InChI is InChI=1S/C23H22FN5O/c1-15-9-16(14-29(15)23(30)17-3-2-4-19(24)10-17)13-28-8-7-21-22(28)6-5-20(27-21)18-11-25-26-12-18/h2-8,10-12,15-16H,9,13-14H2,1H3,(H,25,26)/t15-,16?/m0/s1. The fourth-order valence-electron chi connectivity index (χ4n) is 4.41. The SMILES string of the molecule is C[C@H]1CC(Cn2ccc3nc(-c4cn[nH]c4)ccc32)CN1C(=O)c1cccc(F)c1. The smallest absolute Gasteiger partial charge is 0.254 e. The van der Waals surface area contributed by atoms with E-state index in [0.29, 0.717) is 18.0 Å². The summed E-state index contributed by atoms with van der Waals surface area (Å²) in [5, 5.41) is 6.80. The molecule has 0 bridgehead atoms. The molecule has 2 atom stereocenters. The maximum atomic E-state index is 13.5. The van der Waals surface area contributed by atoms with Gasteiger partial charge in [-0.2, -0.15) is 5.10 Å². The van der Waals surface area contributed by atoms with Gasteiger partial charge in [0.05, 0.1) is 22.9 Å². The lowest BCUT2D eigenvalue weighted by Crippen LogP contribution is -2.34. The Balaban J connectivity index is 1.33. The predicted molar refractivity (Wildman–Crippen MR) is 112 cm³/mol. The van der Waals surface area contributed by atoms with E-state index in [0.717, 1.165) is 35.3 Å². The molecule has 152 valence electrons. The molecular formula is C23H22FN5O. The van der Waals surface area contributed by atoms with Crippen LogP contribution in [0.4, 0.5) is 4.39 Å². The van der Waals surface area contributed by atoms with Crippen LogP contribution in [0.2, 0.25) is 0 Å². The summed E-state index contributed by atoms with van der Waals surface area (Å²) in [5.74, 6) is -0.153. The van der Waals surface area contributed by atoms with Crippen molar-refractivity contribution >= 4 is 16.9 Å². The van der Waals surface area contributed by atoms with E-state index in [4.69, 9.17) is 4.98 Å². The summed E-state index contributed by atoms with van der Waals surface area (Å²) >= 11 is 0. The Kier molecular flexibility index (Phi) is 4.58. The summed E-state index contributed by atoms with van der Waals surface area (Å²) in [7, 11) is 0. The van der Waals surface area contributed by atoms with Crippen LogP contribution in [0, 0.1) is 11.7 Å². The molecular weight excluding hydrogens is 381 g/mol. The maximum Gasteiger partial charge on any atom is 0.254 e. The number of hydrogen-bond acceptors (Lipinski definition) is 3. The Bertz CT molecular complexity index is 1200. The molecule has 1 unspecified atom stereocenters. The molecule has 0 saturated carbocycles. The molecule has 30 heavy (non-hydrogen) atoms. The largest absolute Gasteiger partial charge is 0.346 e. The van der Waals surface area contributed by atoms with E-state index in [1.165, 1.54) is 12.1 Å². The van der Waals surface area contributed by atoms with E-state index in [-0.39, 0.29) is 17.8 Å². The zero-order chi connectivity index (χ0) is 20.7. The number of benzene rings is 1. The molecule has 0 radical (unpaired) electrons. The summed E-state index contributed by atoms with van der Waals surface area (Å²) in [4.78, 5) is 19.5. The molecule has 6 nitrogen and oxygen atoms in total. The van der Waals surface area contributed by atoms with Crippen LogP contribution >= 0.6 is 0 Å². The van der Waals surface area contributed by atoms with Crippen LogP contribution in [0.3, 0.4) is 0 Å². The van der Waals surface area contributed by atoms with Gasteiger partial charge in [0.1, 0.15) is 5.82 Å². The summed E-state index contributed by atoms with van der Waals surface area (Å²) in [6, 6.07) is 12.2. The van der Waals surface area contributed by atoms with Gasteiger partial charge in [-0.3, -0.25) is 9.89 Å². The first-order valence-electron chi connectivity index (χ1n) is 10.1. The second kappa shape index (κ2) is 7.40. The summed E-state index contributed by atoms with van der Waals surface area (Å²) in [6.45, 7) is 3.54. The Hall–Kier alpha value is -3.48. The van der Waals surface area contributed by atoms with Gasteiger partial charge < -0.3 is 9.47 Å². The number of amides is 1. The number of hydrogen-bond donors (Lipinski definition) is 1. The Morgan fingerprint density at radius 2 is 2.17 bits per heavy atom. The zero-order valence-electron chi connectivity index (χ0n) is 16.6. The van der Waals surface area contributed by atoms with E-state index in [2.05, 4.69) is 34.0 Å². The number of likely N-dealkylation sites (tertiary alicyclic amines) is 1. The van der Waals surface area contributed by atoms with Crippen LogP contribution in [-0.4, -0.2) is 43.1 Å². The van der Waals surface area contributed by atoms with E-state index < -0.39 is 0 Å². The molecule has 1 aliphatic rings. The minimum Gasteiger partial charge on any atom is -0.346 e. The second-order valence-electron chi connectivity index (χ2n) is 7.97. The molecule has 0 aliphatic carbocycles. The molecule has 1 saturated heterocycles. The lowest BCUT2D eigenvalue weighted by Gasteiger charge is -2.21. The highest BCUT2D eigenvalue weighted by Crippen LogP contribution is 2.28. The Morgan fingerprint density at radius 3 is 2.97 bits per heavy atom. The van der Waals surface area contributed by atoms with E-state index in [9.17, 15) is 9.18 Å². The number of H-pyrrole nitrogens is 1. The molecule has 4 heterocycles. The molecule has 1 amide bonds. The number of nitrogens with zero attached hydrogens (tertiary/aromatic N) is 4. The van der Waals surface area contributed by atoms with Gasteiger partial charge in [-0.25, -0.2) is 9.37 Å². The normalized spacial score (nSPS) is 18.9. The average molecular weight is 403 g/mol. The topological polar surface area (TPSA) is 66.8 Å². The minimum atomic E-state index is -0.384. The Morgan fingerprint density at radius 1 is 1.27 bits per heavy atom. The monoisotopic (exact) mass is 403 g/mol. The van der Waals surface area contributed by atoms with Crippen LogP contribution in [0.25, 0.3) is 22.3 Å². The van der Waals surface area contributed by atoms with E-state index in [1.807, 2.05) is 23.2 Å². The molecule has 4 aromatic rings. The zero-order valence-corrected chi connectivity index (χ0v) is 16.6. The molecule has 1 aliphatic heterocycles. The van der Waals surface area contributed by atoms with Crippen molar-refractivity contribution in [3.63, 3.8) is 0 Å². The molecule has 1 fully saturated rings. The average Bonchev–Trinajstić information content (AvgIpc) is 3.48. The van der Waals surface area contributed by atoms with Crippen molar-refractivity contribution in [1.82, 2.24) is 24.6 Å². The Labute approximate surface area is 173 Å². The quantitative estimate of drug-likeness (QED) is 0.557. The predicted octanol–water partition coefficient (Wildman–Crippen LogP) is 4.12. The fraction of sp³-hybridized carbons (Fsp3) is 0.261. The van der Waals surface area contributed by atoms with Crippen LogP contribution in [0.15, 0.2) is 61.1 Å². The molecule has 5 rings (SSSR count). The van der Waals surface area contributed by atoms with Crippen LogP contribution in [-0.2, 0) is 6.54 Å². The number of rotatable bonds is 4. The number of carbonyl (C=O) groups excluding carboxylic acids is 1. The maximum absolute atomic E-state index is 13.5. The van der Waals surface area contributed by atoms with Gasteiger partial charge in [0.15, 0.2) is 0 Å². The number of fused-ring (bicyclic) bond motifs is 1. The lowest BCUT2D eigenvalue weighted by atomic mass is 10.1. The number of carbonyl (C=O) groups is 1. The van der Waals surface area contributed by atoms with Crippen molar-refractivity contribution in [2.24, 2.45) is 5.92 Å². The van der Waals surface area contributed by atoms with Crippen molar-refractivity contribution < 1.29 is 9.18 Å². The number of pyridine rings is 1. The highest BCUT2D eigenvalue weighted by atomic mass is 19.1. The highest BCUT2D eigenvalue weighted by Gasteiger charge is 2.33. The van der Waals surface area contributed by atoms with Gasteiger partial charge in [-0.1, -0.05) is 6.07 Å². The number of aromatic amines is 1. The van der Waals surface area contributed by atoms with Gasteiger partial charge in [0.2, 0.25) is 0 Å². The third-order valence-electron chi connectivity index (χ3n) is 5.87. The van der Waals surface area contributed by atoms with Crippen LogP contribution < -0.4 is 0 Å². The molecule has 1 aromatic carbocycles. The van der Waals surface area contributed by atoms with Crippen molar-refractivity contribution in [3.05, 3.63) is 72.4 Å². The molecule has 3 aromatic heterocycles. The van der Waals surface area contributed by atoms with Crippen molar-refractivity contribution in [2.45, 2.75) is 25.9 Å². The molecule has 1 N–H and O–H groups in total. The van der Waals surface area contributed by atoms with Crippen LogP contribution in [0.5, 0.6) is 0 Å². The van der Waals surface area contributed by atoms with Gasteiger partial charge in [-0.05, 0) is 55.7 Å². The summed E-state index contributed by atoms with van der Waals surface area (Å²) in [6.07, 6.45) is 6.56. The third-order valence-corrected chi connectivity index (χ3v) is 5.87.